The third-order valence-corrected chi connectivity index (χ3v) is 6.11. The van der Waals surface area contributed by atoms with E-state index in [1.54, 1.807) is 12.4 Å². The third-order valence-electron chi connectivity index (χ3n) is 6.11. The maximum atomic E-state index is 5.93. The summed E-state index contributed by atoms with van der Waals surface area (Å²) in [4.78, 5) is 18.2. The molecule has 142 valence electrons. The minimum absolute atomic E-state index is 0.162. The largest absolute Gasteiger partial charge is 0.377 e. The molecule has 3 unspecified atom stereocenters. The van der Waals surface area contributed by atoms with E-state index in [-0.39, 0.29) is 5.41 Å². The maximum absolute atomic E-state index is 5.93. The molecule has 7 heteroatoms. The van der Waals surface area contributed by atoms with Crippen molar-refractivity contribution < 1.29 is 4.74 Å². The van der Waals surface area contributed by atoms with Crippen molar-refractivity contribution in [2.24, 2.45) is 16.3 Å². The minimum Gasteiger partial charge on any atom is -0.377 e. The summed E-state index contributed by atoms with van der Waals surface area (Å²) in [6.45, 7) is 12.1. The minimum atomic E-state index is 0.162. The van der Waals surface area contributed by atoms with Crippen LogP contribution in [0, 0.1) is 11.3 Å². The summed E-state index contributed by atoms with van der Waals surface area (Å²) >= 11 is 0. The Kier molecular flexibility index (Phi) is 4.73. The molecule has 3 heterocycles. The van der Waals surface area contributed by atoms with Gasteiger partial charge in [-0.1, -0.05) is 13.8 Å². The number of piperazine rings is 1. The molecule has 3 aliphatic rings. The number of guanidine groups is 1. The molecule has 0 aromatic carbocycles. The van der Waals surface area contributed by atoms with Crippen molar-refractivity contribution >= 4 is 11.9 Å². The first-order chi connectivity index (χ1) is 12.6. The van der Waals surface area contributed by atoms with Crippen molar-refractivity contribution in [2.75, 3.05) is 44.2 Å². The highest BCUT2D eigenvalue weighted by Gasteiger charge is 2.59. The zero-order valence-corrected chi connectivity index (χ0v) is 16.1. The van der Waals surface area contributed by atoms with Gasteiger partial charge in [0.05, 0.1) is 6.10 Å². The molecular formula is C19H30N6O. The number of fused-ring (bicyclic) bond motifs is 1. The van der Waals surface area contributed by atoms with Crippen molar-refractivity contribution in [2.45, 2.75) is 39.3 Å². The average Bonchev–Trinajstić information content (AvgIpc) is 3.13. The second-order valence-electron chi connectivity index (χ2n) is 8.01. The van der Waals surface area contributed by atoms with E-state index < -0.39 is 0 Å². The van der Waals surface area contributed by atoms with Gasteiger partial charge in [0, 0.05) is 69.1 Å². The van der Waals surface area contributed by atoms with E-state index in [4.69, 9.17) is 9.73 Å². The zero-order valence-electron chi connectivity index (χ0n) is 16.1. The summed E-state index contributed by atoms with van der Waals surface area (Å²) < 4.78 is 5.93. The van der Waals surface area contributed by atoms with Crippen LogP contribution < -0.4 is 10.2 Å². The van der Waals surface area contributed by atoms with Gasteiger partial charge in [-0.15, -0.1) is 0 Å². The van der Waals surface area contributed by atoms with Gasteiger partial charge in [0.2, 0.25) is 5.95 Å². The first kappa shape index (κ1) is 17.5. The molecule has 3 fully saturated rings. The lowest BCUT2D eigenvalue weighted by atomic mass is 9.57. The first-order valence-electron chi connectivity index (χ1n) is 9.80. The van der Waals surface area contributed by atoms with Crippen LogP contribution in [0.1, 0.15) is 27.2 Å². The topological polar surface area (TPSA) is 65.9 Å². The number of rotatable bonds is 3. The van der Waals surface area contributed by atoms with Crippen LogP contribution >= 0.6 is 0 Å². The van der Waals surface area contributed by atoms with E-state index in [9.17, 15) is 0 Å². The molecule has 3 atom stereocenters. The fourth-order valence-electron chi connectivity index (χ4n) is 4.72. The first-order valence-corrected chi connectivity index (χ1v) is 9.80. The summed E-state index contributed by atoms with van der Waals surface area (Å²) in [6, 6.07) is 2.30. The van der Waals surface area contributed by atoms with Crippen LogP contribution in [-0.4, -0.2) is 72.3 Å². The summed E-state index contributed by atoms with van der Waals surface area (Å²) in [5.74, 6) is 2.48. The fraction of sp³-hybridized carbons (Fsp3) is 0.737. The molecule has 0 amide bonds. The third kappa shape index (κ3) is 3.02. The fourth-order valence-corrected chi connectivity index (χ4v) is 4.72. The normalized spacial score (nSPS) is 30.7. The van der Waals surface area contributed by atoms with E-state index in [0.29, 0.717) is 18.1 Å². The molecule has 1 aliphatic carbocycles. The van der Waals surface area contributed by atoms with Gasteiger partial charge in [-0.05, 0) is 19.4 Å². The van der Waals surface area contributed by atoms with E-state index >= 15 is 0 Å². The molecule has 1 aromatic rings. The molecule has 1 N–H and O–H groups in total. The molecule has 0 bridgehead atoms. The number of hydrogen-bond donors (Lipinski definition) is 1. The standard InChI is InChI=1S/C19H30N6O/c1-4-20-18(23-15-14-6-13-26-16(14)19(15,2)3)25-11-9-24(10-12-25)17-21-7-5-8-22-17/h5,7-8,14-16H,4,6,9-13H2,1-3H3,(H,20,23). The number of aromatic nitrogens is 2. The Morgan fingerprint density at radius 3 is 2.69 bits per heavy atom. The molecule has 4 rings (SSSR count). The summed E-state index contributed by atoms with van der Waals surface area (Å²) in [5, 5.41) is 3.79. The number of nitrogens with zero attached hydrogens (tertiary/aromatic N) is 5. The number of hydrogen-bond acceptors (Lipinski definition) is 5. The van der Waals surface area contributed by atoms with Crippen molar-refractivity contribution in [3.8, 4) is 0 Å². The Hall–Kier alpha value is -1.89. The SMILES string of the molecule is CCN=C(NC1C2CCOC2C1(C)C)N1CCN(c2ncccn2)CC1. The number of anilines is 1. The van der Waals surface area contributed by atoms with Gasteiger partial charge in [-0.25, -0.2) is 9.97 Å². The quantitative estimate of drug-likeness (QED) is 0.650. The van der Waals surface area contributed by atoms with E-state index in [1.807, 2.05) is 6.07 Å². The van der Waals surface area contributed by atoms with Crippen LogP contribution in [0.15, 0.2) is 23.5 Å². The van der Waals surface area contributed by atoms with E-state index in [0.717, 1.165) is 57.7 Å². The second-order valence-corrected chi connectivity index (χ2v) is 8.01. The summed E-state index contributed by atoms with van der Waals surface area (Å²) in [6.07, 6.45) is 5.16. The highest BCUT2D eigenvalue weighted by atomic mass is 16.5. The lowest BCUT2D eigenvalue weighted by Gasteiger charge is -2.55. The van der Waals surface area contributed by atoms with Gasteiger partial charge in [0.25, 0.3) is 0 Å². The Morgan fingerprint density at radius 2 is 2.00 bits per heavy atom. The molecule has 0 spiro atoms. The Labute approximate surface area is 155 Å². The maximum Gasteiger partial charge on any atom is 0.225 e. The zero-order chi connectivity index (χ0) is 18.1. The second kappa shape index (κ2) is 7.02. The van der Waals surface area contributed by atoms with Crippen LogP contribution in [-0.2, 0) is 4.74 Å². The molecular weight excluding hydrogens is 328 g/mol. The molecule has 1 saturated carbocycles. The molecule has 2 aliphatic heterocycles. The summed E-state index contributed by atoms with van der Waals surface area (Å²) in [7, 11) is 0. The summed E-state index contributed by atoms with van der Waals surface area (Å²) in [5.41, 5.74) is 0.162. The molecule has 7 nitrogen and oxygen atoms in total. The number of ether oxygens (including phenoxy) is 1. The van der Waals surface area contributed by atoms with Gasteiger partial charge in [0.15, 0.2) is 5.96 Å². The highest BCUT2D eigenvalue weighted by Crippen LogP contribution is 2.52. The Balaban J connectivity index is 1.40. The molecule has 2 saturated heterocycles. The van der Waals surface area contributed by atoms with Gasteiger partial charge < -0.3 is 19.9 Å². The van der Waals surface area contributed by atoms with Crippen LogP contribution in [0.25, 0.3) is 0 Å². The van der Waals surface area contributed by atoms with Gasteiger partial charge in [0.1, 0.15) is 0 Å². The predicted octanol–water partition coefficient (Wildman–Crippen LogP) is 1.38. The van der Waals surface area contributed by atoms with Gasteiger partial charge in [-0.2, -0.15) is 0 Å². The molecule has 1 aromatic heterocycles. The van der Waals surface area contributed by atoms with E-state index in [1.165, 1.54) is 0 Å². The van der Waals surface area contributed by atoms with E-state index in [2.05, 4.69) is 45.9 Å². The monoisotopic (exact) mass is 358 g/mol. The van der Waals surface area contributed by atoms with Crippen LogP contribution in [0.3, 0.4) is 0 Å². The lowest BCUT2D eigenvalue weighted by molar-refractivity contribution is -0.107. The number of nitrogens with one attached hydrogen (secondary N) is 1. The lowest BCUT2D eigenvalue weighted by Crippen LogP contribution is -2.68. The van der Waals surface area contributed by atoms with Gasteiger partial charge >= 0.3 is 0 Å². The Morgan fingerprint density at radius 1 is 1.27 bits per heavy atom. The number of aliphatic imine (C=N–C) groups is 1. The molecule has 26 heavy (non-hydrogen) atoms. The van der Waals surface area contributed by atoms with Crippen molar-refractivity contribution in [3.63, 3.8) is 0 Å². The van der Waals surface area contributed by atoms with Crippen molar-refractivity contribution in [1.29, 1.82) is 0 Å². The highest BCUT2D eigenvalue weighted by molar-refractivity contribution is 5.81. The van der Waals surface area contributed by atoms with Gasteiger partial charge in [-0.3, -0.25) is 4.99 Å². The van der Waals surface area contributed by atoms with Crippen LogP contribution in [0.5, 0.6) is 0 Å². The molecule has 0 radical (unpaired) electrons. The predicted molar refractivity (Wildman–Crippen MR) is 102 cm³/mol. The van der Waals surface area contributed by atoms with Crippen molar-refractivity contribution in [3.05, 3.63) is 18.5 Å². The Bertz CT molecular complexity index is 641. The van der Waals surface area contributed by atoms with Crippen LogP contribution in [0.4, 0.5) is 5.95 Å². The smallest absolute Gasteiger partial charge is 0.225 e. The van der Waals surface area contributed by atoms with Crippen molar-refractivity contribution in [1.82, 2.24) is 20.2 Å². The average molecular weight is 358 g/mol. The van der Waals surface area contributed by atoms with Crippen LogP contribution in [0.2, 0.25) is 0 Å².